The molecule has 37 heavy (non-hydrogen) atoms. The second-order valence-corrected chi connectivity index (χ2v) is 9.39. The van der Waals surface area contributed by atoms with E-state index in [9.17, 15) is 14.4 Å². The van der Waals surface area contributed by atoms with Gasteiger partial charge in [0.1, 0.15) is 17.5 Å². The highest BCUT2D eigenvalue weighted by Crippen LogP contribution is 2.29. The average molecular weight is 530 g/mol. The summed E-state index contributed by atoms with van der Waals surface area (Å²) in [5.74, 6) is 0.119. The summed E-state index contributed by atoms with van der Waals surface area (Å²) in [4.78, 5) is 44.7. The standard InChI is InChI=1S/C26H32ClN5O5/c1-36-20-6-7-23(37-2)21(15-20)29-24(33)16-22-26(35)28-8-9-32(22)25(34)17-30-10-12-31(13-11-30)19-5-3-4-18(27)14-19/h3-7,14-15,22H,8-13,16-17H2,1-2H3,(H,28,35)(H,29,33)/t22-/m1/s1. The van der Waals surface area contributed by atoms with Gasteiger partial charge in [0.15, 0.2) is 0 Å². The summed E-state index contributed by atoms with van der Waals surface area (Å²) >= 11 is 6.12. The molecule has 2 aromatic rings. The Labute approximate surface area is 221 Å². The summed E-state index contributed by atoms with van der Waals surface area (Å²) in [6.45, 7) is 3.85. The molecular formula is C26H32ClN5O5. The largest absolute Gasteiger partial charge is 0.497 e. The Hall–Kier alpha value is -3.50. The molecule has 0 unspecified atom stereocenters. The van der Waals surface area contributed by atoms with Crippen molar-refractivity contribution in [2.24, 2.45) is 0 Å². The maximum absolute atomic E-state index is 13.2. The van der Waals surface area contributed by atoms with E-state index in [0.717, 1.165) is 18.8 Å². The molecule has 10 nitrogen and oxygen atoms in total. The third-order valence-corrected chi connectivity index (χ3v) is 6.85. The normalized spacial score (nSPS) is 18.2. The summed E-state index contributed by atoms with van der Waals surface area (Å²) in [5, 5.41) is 6.25. The lowest BCUT2D eigenvalue weighted by atomic mass is 10.1. The topological polar surface area (TPSA) is 103 Å². The van der Waals surface area contributed by atoms with Crippen molar-refractivity contribution < 1.29 is 23.9 Å². The van der Waals surface area contributed by atoms with E-state index >= 15 is 0 Å². The van der Waals surface area contributed by atoms with E-state index in [-0.39, 0.29) is 24.8 Å². The Morgan fingerprint density at radius 3 is 2.54 bits per heavy atom. The first kappa shape index (κ1) is 26.6. The third-order valence-electron chi connectivity index (χ3n) is 6.62. The van der Waals surface area contributed by atoms with Crippen molar-refractivity contribution >= 4 is 40.7 Å². The summed E-state index contributed by atoms with van der Waals surface area (Å²) in [5.41, 5.74) is 1.49. The molecule has 3 amide bonds. The van der Waals surface area contributed by atoms with E-state index in [1.165, 1.54) is 19.1 Å². The van der Waals surface area contributed by atoms with E-state index in [0.29, 0.717) is 48.4 Å². The van der Waals surface area contributed by atoms with Crippen molar-refractivity contribution in [3.05, 3.63) is 47.5 Å². The molecule has 2 aliphatic rings. The zero-order chi connectivity index (χ0) is 26.4. The smallest absolute Gasteiger partial charge is 0.243 e. The van der Waals surface area contributed by atoms with Crippen LogP contribution in [0.3, 0.4) is 0 Å². The van der Waals surface area contributed by atoms with Gasteiger partial charge in [-0.2, -0.15) is 0 Å². The van der Waals surface area contributed by atoms with Gasteiger partial charge in [-0.25, -0.2) is 0 Å². The van der Waals surface area contributed by atoms with Crippen molar-refractivity contribution in [1.29, 1.82) is 0 Å². The molecule has 2 saturated heterocycles. The molecule has 0 aliphatic carbocycles. The lowest BCUT2D eigenvalue weighted by Gasteiger charge is -2.39. The number of hydrogen-bond donors (Lipinski definition) is 2. The zero-order valence-corrected chi connectivity index (χ0v) is 21.8. The number of amides is 3. The maximum atomic E-state index is 13.2. The number of piperazine rings is 2. The van der Waals surface area contributed by atoms with Gasteiger partial charge in [0, 0.05) is 56.0 Å². The number of halogens is 1. The molecule has 2 aromatic carbocycles. The first-order valence-electron chi connectivity index (χ1n) is 12.2. The van der Waals surface area contributed by atoms with Crippen LogP contribution in [0.25, 0.3) is 0 Å². The van der Waals surface area contributed by atoms with E-state index in [2.05, 4.69) is 20.4 Å². The minimum Gasteiger partial charge on any atom is -0.497 e. The Morgan fingerprint density at radius 2 is 1.84 bits per heavy atom. The van der Waals surface area contributed by atoms with Crippen molar-refractivity contribution in [2.45, 2.75) is 12.5 Å². The van der Waals surface area contributed by atoms with Crippen LogP contribution in [0.15, 0.2) is 42.5 Å². The fourth-order valence-electron chi connectivity index (χ4n) is 4.62. The predicted molar refractivity (Wildman–Crippen MR) is 141 cm³/mol. The highest BCUT2D eigenvalue weighted by Gasteiger charge is 2.35. The van der Waals surface area contributed by atoms with Gasteiger partial charge < -0.3 is 29.9 Å². The van der Waals surface area contributed by atoms with Crippen molar-refractivity contribution in [3.8, 4) is 11.5 Å². The first-order chi connectivity index (χ1) is 17.9. The van der Waals surface area contributed by atoms with Gasteiger partial charge in [-0.3, -0.25) is 19.3 Å². The van der Waals surface area contributed by atoms with Gasteiger partial charge in [-0.1, -0.05) is 17.7 Å². The molecule has 2 N–H and O–H groups in total. The van der Waals surface area contributed by atoms with Crippen molar-refractivity contribution in [1.82, 2.24) is 15.1 Å². The molecule has 2 aliphatic heterocycles. The van der Waals surface area contributed by atoms with Gasteiger partial charge in [0.05, 0.1) is 32.9 Å². The summed E-state index contributed by atoms with van der Waals surface area (Å²) in [7, 11) is 3.03. The van der Waals surface area contributed by atoms with Crippen LogP contribution in [0.5, 0.6) is 11.5 Å². The molecule has 11 heteroatoms. The number of benzene rings is 2. The first-order valence-corrected chi connectivity index (χ1v) is 12.6. The number of anilines is 2. The lowest BCUT2D eigenvalue weighted by molar-refractivity contribution is -0.145. The molecule has 0 bridgehead atoms. The van der Waals surface area contributed by atoms with Crippen LogP contribution in [0, 0.1) is 0 Å². The monoisotopic (exact) mass is 529 g/mol. The quantitative estimate of drug-likeness (QED) is 0.538. The number of carbonyl (C=O) groups excluding carboxylic acids is 3. The minimum absolute atomic E-state index is 0.164. The molecular weight excluding hydrogens is 498 g/mol. The second-order valence-electron chi connectivity index (χ2n) is 8.96. The Balaban J connectivity index is 1.35. The Kier molecular flexibility index (Phi) is 8.73. The fraction of sp³-hybridized carbons (Fsp3) is 0.423. The molecule has 1 atom stereocenters. The average Bonchev–Trinajstić information content (AvgIpc) is 2.90. The number of nitrogens with one attached hydrogen (secondary N) is 2. The van der Waals surface area contributed by atoms with Gasteiger partial charge >= 0.3 is 0 Å². The number of carbonyl (C=O) groups is 3. The highest BCUT2D eigenvalue weighted by molar-refractivity contribution is 6.30. The fourth-order valence-corrected chi connectivity index (χ4v) is 4.81. The van der Waals surface area contributed by atoms with Gasteiger partial charge in [-0.05, 0) is 30.3 Å². The maximum Gasteiger partial charge on any atom is 0.243 e. The van der Waals surface area contributed by atoms with Crippen LogP contribution in [-0.4, -0.2) is 93.6 Å². The molecule has 2 heterocycles. The van der Waals surface area contributed by atoms with Gasteiger partial charge in [-0.15, -0.1) is 0 Å². The minimum atomic E-state index is -0.884. The second kappa shape index (κ2) is 12.2. The summed E-state index contributed by atoms with van der Waals surface area (Å²) in [6.07, 6.45) is -0.166. The number of hydrogen-bond acceptors (Lipinski definition) is 7. The highest BCUT2D eigenvalue weighted by atomic mass is 35.5. The molecule has 2 fully saturated rings. The predicted octanol–water partition coefficient (Wildman–Crippen LogP) is 1.83. The van der Waals surface area contributed by atoms with Crippen LogP contribution in [-0.2, 0) is 14.4 Å². The molecule has 4 rings (SSSR count). The van der Waals surface area contributed by atoms with Gasteiger partial charge in [0.2, 0.25) is 17.7 Å². The van der Waals surface area contributed by atoms with Crippen LogP contribution in [0.4, 0.5) is 11.4 Å². The van der Waals surface area contributed by atoms with Crippen LogP contribution >= 0.6 is 11.6 Å². The van der Waals surface area contributed by atoms with Crippen molar-refractivity contribution in [2.75, 3.05) is 70.2 Å². The number of rotatable bonds is 8. The van der Waals surface area contributed by atoms with E-state index in [1.54, 1.807) is 18.2 Å². The third kappa shape index (κ3) is 6.64. The van der Waals surface area contributed by atoms with Crippen molar-refractivity contribution in [3.63, 3.8) is 0 Å². The molecule has 198 valence electrons. The molecule has 0 saturated carbocycles. The van der Waals surface area contributed by atoms with Gasteiger partial charge in [0.25, 0.3) is 0 Å². The SMILES string of the molecule is COc1ccc(OC)c(NC(=O)C[C@@H]2C(=O)NCCN2C(=O)CN2CCN(c3cccc(Cl)c3)CC2)c1. The summed E-state index contributed by atoms with van der Waals surface area (Å²) in [6, 6.07) is 11.9. The zero-order valence-electron chi connectivity index (χ0n) is 21.0. The molecule has 0 aromatic heterocycles. The Bertz CT molecular complexity index is 1140. The van der Waals surface area contributed by atoms with Crippen LogP contribution in [0.1, 0.15) is 6.42 Å². The Morgan fingerprint density at radius 1 is 1.05 bits per heavy atom. The summed E-state index contributed by atoms with van der Waals surface area (Å²) < 4.78 is 10.5. The van der Waals surface area contributed by atoms with E-state index < -0.39 is 11.9 Å². The van der Waals surface area contributed by atoms with Crippen LogP contribution < -0.4 is 25.0 Å². The number of methoxy groups -OCH3 is 2. The van der Waals surface area contributed by atoms with E-state index in [4.69, 9.17) is 21.1 Å². The molecule has 0 radical (unpaired) electrons. The number of ether oxygens (including phenoxy) is 2. The molecule has 0 spiro atoms. The van der Waals surface area contributed by atoms with Crippen LogP contribution in [0.2, 0.25) is 5.02 Å². The van der Waals surface area contributed by atoms with E-state index in [1.807, 2.05) is 24.3 Å². The lowest BCUT2D eigenvalue weighted by Crippen LogP contribution is -2.60. The number of nitrogens with zero attached hydrogens (tertiary/aromatic N) is 3.